The topological polar surface area (TPSA) is 46.6 Å². The van der Waals surface area contributed by atoms with Crippen LogP contribution < -0.4 is 9.64 Å². The van der Waals surface area contributed by atoms with Crippen molar-refractivity contribution < 1.29 is 49.8 Å². The molecule has 2 aromatic rings. The summed E-state index contributed by atoms with van der Waals surface area (Å²) in [6.45, 7) is 3.17. The van der Waals surface area contributed by atoms with E-state index in [1.165, 1.54) is 22.8 Å². The molecule has 1 heterocycles. The molecule has 1 aliphatic heterocycles. The van der Waals surface area contributed by atoms with Crippen molar-refractivity contribution in [3.63, 3.8) is 0 Å². The predicted octanol–water partition coefficient (Wildman–Crippen LogP) is 5.05. The van der Waals surface area contributed by atoms with Crippen LogP contribution in [0.3, 0.4) is 0 Å². The molecule has 1 unspecified atom stereocenters. The van der Waals surface area contributed by atoms with Crippen LogP contribution in [0, 0.1) is 35.0 Å². The van der Waals surface area contributed by atoms with Crippen LogP contribution in [-0.2, 0) is 18.3 Å². The number of ether oxygens (including phenoxy) is 1. The molecule has 2 amide bonds. The summed E-state index contributed by atoms with van der Waals surface area (Å²) in [5, 5.41) is 0. The fraction of sp³-hybridized carbons (Fsp3) is 0.211. The maximum absolute atomic E-state index is 14.3. The molecule has 1 aliphatic rings. The average Bonchev–Trinajstić information content (AvgIpc) is 2.70. The Labute approximate surface area is 186 Å². The second kappa shape index (κ2) is 8.92. The predicted molar refractivity (Wildman–Crippen MR) is 101 cm³/mol. The molecule has 3 rings (SSSR count). The first kappa shape index (κ1) is 23.8. The van der Waals surface area contributed by atoms with Crippen LogP contribution in [0.25, 0.3) is 0 Å². The molecule has 2 aromatic carbocycles. The van der Waals surface area contributed by atoms with E-state index in [0.29, 0.717) is 10.5 Å². The molecule has 31 heavy (non-hydrogen) atoms. The van der Waals surface area contributed by atoms with Gasteiger partial charge in [0.15, 0.2) is 0 Å². The van der Waals surface area contributed by atoms with Gasteiger partial charge in [-0.15, -0.1) is 0 Å². The van der Waals surface area contributed by atoms with Crippen LogP contribution >= 0.6 is 19.4 Å². The Balaban J connectivity index is 2.28. The van der Waals surface area contributed by atoms with E-state index in [0.717, 1.165) is 0 Å². The Bertz CT molecular complexity index is 1110. The minimum absolute atomic E-state index is 0.0296. The number of anilines is 1. The van der Waals surface area contributed by atoms with Crippen molar-refractivity contribution in [2.75, 3.05) is 4.90 Å². The molecule has 0 bridgehead atoms. The monoisotopic (exact) mass is 569 g/mol. The second-order valence-corrected chi connectivity index (χ2v) is 12.4. The summed E-state index contributed by atoms with van der Waals surface area (Å²) < 4.78 is 76.4. The minimum atomic E-state index is -2.42. The SMILES string of the molecule is CC(C)C1Oc2c([CH]=[Ru]([Cl])[Cl])cccc2N(C(=O)c2c(F)c(F)c(F)c(F)c2F)C1=O. The second-order valence-electron chi connectivity index (χ2n) is 6.71. The number of halogens is 7. The molecular weight excluding hydrogens is 557 g/mol. The summed E-state index contributed by atoms with van der Waals surface area (Å²) >= 11 is -2.40. The van der Waals surface area contributed by atoms with Gasteiger partial charge in [0.25, 0.3) is 0 Å². The molecule has 0 N–H and O–H groups in total. The number of benzene rings is 2. The van der Waals surface area contributed by atoms with E-state index < -0.39 is 72.0 Å². The number of carbonyl (C=O) groups is 2. The van der Waals surface area contributed by atoms with Gasteiger partial charge in [-0.05, 0) is 0 Å². The van der Waals surface area contributed by atoms with Gasteiger partial charge in [-0.25, -0.2) is 0 Å². The Morgan fingerprint density at radius 3 is 2.13 bits per heavy atom. The summed E-state index contributed by atoms with van der Waals surface area (Å²) in [6.07, 6.45) is -1.28. The van der Waals surface area contributed by atoms with Crippen LogP contribution in [0.2, 0.25) is 0 Å². The van der Waals surface area contributed by atoms with Gasteiger partial charge in [-0.2, -0.15) is 0 Å². The van der Waals surface area contributed by atoms with E-state index in [4.69, 9.17) is 24.1 Å². The fourth-order valence-corrected chi connectivity index (χ4v) is 4.76. The van der Waals surface area contributed by atoms with Gasteiger partial charge < -0.3 is 0 Å². The van der Waals surface area contributed by atoms with E-state index in [1.807, 2.05) is 0 Å². The van der Waals surface area contributed by atoms with Gasteiger partial charge in [0.2, 0.25) is 0 Å². The van der Waals surface area contributed by atoms with Crippen molar-refractivity contribution in [2.24, 2.45) is 5.92 Å². The normalized spacial score (nSPS) is 16.2. The molecule has 0 saturated heterocycles. The summed E-state index contributed by atoms with van der Waals surface area (Å²) in [5.41, 5.74) is -1.68. The van der Waals surface area contributed by atoms with Gasteiger partial charge in [-0.3, -0.25) is 0 Å². The third-order valence-corrected chi connectivity index (χ3v) is 6.23. The van der Waals surface area contributed by atoms with Gasteiger partial charge in [-0.1, -0.05) is 0 Å². The van der Waals surface area contributed by atoms with Crippen LogP contribution in [0.4, 0.5) is 27.6 Å². The zero-order valence-corrected chi connectivity index (χ0v) is 18.9. The van der Waals surface area contributed by atoms with Gasteiger partial charge >= 0.3 is 186 Å². The standard InChI is InChI=1S/C19H12F5NO3.2ClH.Ru/c1-7(2)16-19(27)25(9-6-4-5-8(3)17(9)28-16)18(26)10-11(20)13(22)15(24)14(23)12(10)21;;;/h3-7,16H,1-2H3;2*1H;/q;;;+2/p-2. The number of hydrogen-bond donors (Lipinski definition) is 0. The molecule has 0 spiro atoms. The molecule has 0 aromatic heterocycles. The van der Waals surface area contributed by atoms with Crippen molar-refractivity contribution in [2.45, 2.75) is 20.0 Å². The van der Waals surface area contributed by atoms with Crippen molar-refractivity contribution >= 4 is 41.5 Å². The first-order valence-electron chi connectivity index (χ1n) is 8.49. The molecule has 0 aliphatic carbocycles. The molecule has 1 atom stereocenters. The number of imide groups is 1. The number of rotatable bonds is 3. The van der Waals surface area contributed by atoms with E-state index in [2.05, 4.69) is 0 Å². The van der Waals surface area contributed by atoms with Crippen LogP contribution in [0.15, 0.2) is 18.2 Å². The third kappa shape index (κ3) is 4.13. The number of para-hydroxylation sites is 1. The third-order valence-electron chi connectivity index (χ3n) is 4.39. The Morgan fingerprint density at radius 2 is 1.61 bits per heavy atom. The van der Waals surface area contributed by atoms with Crippen LogP contribution in [0.1, 0.15) is 29.8 Å². The van der Waals surface area contributed by atoms with Gasteiger partial charge in [0.1, 0.15) is 0 Å². The number of amides is 2. The molecule has 168 valence electrons. The Hall–Kier alpha value is -1.90. The van der Waals surface area contributed by atoms with E-state index in [9.17, 15) is 31.5 Å². The molecule has 0 radical (unpaired) electrons. The zero-order chi connectivity index (χ0) is 23.2. The Kier molecular flexibility index (Phi) is 6.84. The van der Waals surface area contributed by atoms with Crippen LogP contribution in [-0.4, -0.2) is 22.5 Å². The van der Waals surface area contributed by atoms with Gasteiger partial charge in [0.05, 0.1) is 0 Å². The summed E-state index contributed by atoms with van der Waals surface area (Å²) in [6, 6.07) is 4.14. The van der Waals surface area contributed by atoms with Gasteiger partial charge in [0, 0.05) is 0 Å². The zero-order valence-electron chi connectivity index (χ0n) is 15.6. The molecular formula is C19H12Cl2F5NO3Ru. The maximum atomic E-state index is 14.3. The molecule has 0 saturated carbocycles. The summed E-state index contributed by atoms with van der Waals surface area (Å²) in [7, 11) is 11.8. The average molecular weight is 569 g/mol. The van der Waals surface area contributed by atoms with Crippen LogP contribution in [0.5, 0.6) is 5.75 Å². The number of fused-ring (bicyclic) bond motifs is 1. The van der Waals surface area contributed by atoms with Crippen molar-refractivity contribution in [1.82, 2.24) is 0 Å². The molecule has 4 nitrogen and oxygen atoms in total. The van der Waals surface area contributed by atoms with E-state index in [1.54, 1.807) is 13.8 Å². The summed E-state index contributed by atoms with van der Waals surface area (Å²) in [5.74, 6) is -15.0. The first-order valence-corrected chi connectivity index (χ1v) is 14.0. The number of hydrogen-bond acceptors (Lipinski definition) is 3. The molecule has 0 fully saturated rings. The van der Waals surface area contributed by atoms with Crippen molar-refractivity contribution in [3.8, 4) is 5.75 Å². The quantitative estimate of drug-likeness (QED) is 0.171. The fourth-order valence-electron chi connectivity index (χ4n) is 2.97. The van der Waals surface area contributed by atoms with Crippen molar-refractivity contribution in [1.29, 1.82) is 0 Å². The Morgan fingerprint density at radius 1 is 1.06 bits per heavy atom. The van der Waals surface area contributed by atoms with E-state index >= 15 is 0 Å². The first-order chi connectivity index (χ1) is 14.5. The van der Waals surface area contributed by atoms with E-state index in [-0.39, 0.29) is 11.4 Å². The summed E-state index contributed by atoms with van der Waals surface area (Å²) in [4.78, 5) is 26.3. The molecule has 12 heteroatoms. The number of nitrogens with zero attached hydrogens (tertiary/aromatic N) is 1. The number of carbonyl (C=O) groups excluding carboxylic acids is 2. The van der Waals surface area contributed by atoms with Crippen molar-refractivity contribution in [3.05, 3.63) is 58.4 Å².